The minimum Gasteiger partial charge on any atom is -0.488 e. The molecule has 0 aliphatic rings. The number of rotatable bonds is 3. The molecule has 2 aromatic rings. The van der Waals surface area contributed by atoms with Crippen LogP contribution in [0.4, 0.5) is 5.69 Å². The normalized spacial score (nSPS) is 10.4. The molecular formula is C13H8N4O4. The highest BCUT2D eigenvalue weighted by molar-refractivity contribution is 5.67. The average Bonchev–Trinajstić information content (AvgIpc) is 2.44. The quantitative estimate of drug-likeness (QED) is 0.646. The first kappa shape index (κ1) is 14.0. The molecule has 8 heteroatoms. The standard InChI is InChI=1S/C13H8N4O4/c14-7-9-3-1-8(2-4-9)5-6-10-15-12(18)11(17(20)21)13(19)16-10/h1-6H,(H2,15,16,18,19)/b6-5-. The number of hydrogen-bond donors (Lipinski definition) is 2. The fourth-order valence-electron chi connectivity index (χ4n) is 1.56. The third kappa shape index (κ3) is 3.10. The van der Waals surface area contributed by atoms with Crippen LogP contribution in [0.1, 0.15) is 17.0 Å². The molecule has 2 N–H and O–H groups in total. The second kappa shape index (κ2) is 5.66. The molecule has 1 heterocycles. The van der Waals surface area contributed by atoms with Gasteiger partial charge in [0.25, 0.3) is 5.88 Å². The van der Waals surface area contributed by atoms with Crippen molar-refractivity contribution in [1.29, 1.82) is 5.26 Å². The first-order valence-corrected chi connectivity index (χ1v) is 5.67. The minimum absolute atomic E-state index is 0.0209. The maximum atomic E-state index is 11.4. The van der Waals surface area contributed by atoms with Gasteiger partial charge < -0.3 is 10.1 Å². The summed E-state index contributed by atoms with van der Waals surface area (Å²) in [6.45, 7) is 0. The summed E-state index contributed by atoms with van der Waals surface area (Å²) in [5, 5.41) is 28.6. The average molecular weight is 284 g/mol. The Morgan fingerprint density at radius 3 is 2.52 bits per heavy atom. The molecular weight excluding hydrogens is 276 g/mol. The van der Waals surface area contributed by atoms with Gasteiger partial charge in [0.05, 0.1) is 16.6 Å². The van der Waals surface area contributed by atoms with Crippen molar-refractivity contribution >= 4 is 17.8 Å². The van der Waals surface area contributed by atoms with E-state index in [0.29, 0.717) is 5.56 Å². The van der Waals surface area contributed by atoms with E-state index < -0.39 is 22.0 Å². The lowest BCUT2D eigenvalue weighted by atomic mass is 10.1. The van der Waals surface area contributed by atoms with Gasteiger partial charge in [-0.25, -0.2) is 0 Å². The van der Waals surface area contributed by atoms with Gasteiger partial charge in [-0.15, -0.1) is 0 Å². The van der Waals surface area contributed by atoms with E-state index >= 15 is 0 Å². The third-order valence-electron chi connectivity index (χ3n) is 2.55. The van der Waals surface area contributed by atoms with Crippen LogP contribution in [0, 0.1) is 21.4 Å². The first-order chi connectivity index (χ1) is 10.0. The summed E-state index contributed by atoms with van der Waals surface area (Å²) in [6, 6.07) is 8.57. The number of nitriles is 1. The lowest BCUT2D eigenvalue weighted by molar-refractivity contribution is -0.387. The second-order valence-corrected chi connectivity index (χ2v) is 3.95. The molecule has 0 fully saturated rings. The molecule has 1 aromatic carbocycles. The van der Waals surface area contributed by atoms with Crippen LogP contribution in [0.5, 0.6) is 5.88 Å². The Kier molecular flexibility index (Phi) is 3.76. The molecule has 0 amide bonds. The molecule has 0 spiro atoms. The van der Waals surface area contributed by atoms with Crippen LogP contribution < -0.4 is 5.56 Å². The van der Waals surface area contributed by atoms with Crippen molar-refractivity contribution in [1.82, 2.24) is 9.97 Å². The number of nitrogens with one attached hydrogen (secondary N) is 1. The Bertz CT molecular complexity index is 816. The van der Waals surface area contributed by atoms with Crippen LogP contribution in [0.15, 0.2) is 29.1 Å². The zero-order chi connectivity index (χ0) is 15.4. The Balaban J connectivity index is 2.31. The van der Waals surface area contributed by atoms with Crippen molar-refractivity contribution in [2.24, 2.45) is 0 Å². The molecule has 0 saturated heterocycles. The predicted octanol–water partition coefficient (Wildman–Crippen LogP) is 1.43. The van der Waals surface area contributed by atoms with E-state index in [1.165, 1.54) is 6.08 Å². The zero-order valence-electron chi connectivity index (χ0n) is 10.5. The van der Waals surface area contributed by atoms with Crippen molar-refractivity contribution in [3.05, 3.63) is 61.7 Å². The van der Waals surface area contributed by atoms with E-state index in [-0.39, 0.29) is 5.82 Å². The summed E-state index contributed by atoms with van der Waals surface area (Å²) >= 11 is 0. The van der Waals surface area contributed by atoms with Crippen LogP contribution in [-0.2, 0) is 0 Å². The van der Waals surface area contributed by atoms with Gasteiger partial charge in [-0.3, -0.25) is 14.9 Å². The largest absolute Gasteiger partial charge is 0.488 e. The van der Waals surface area contributed by atoms with Gasteiger partial charge in [-0.05, 0) is 23.8 Å². The number of nitro groups is 1. The molecule has 8 nitrogen and oxygen atoms in total. The van der Waals surface area contributed by atoms with Gasteiger partial charge >= 0.3 is 11.2 Å². The summed E-state index contributed by atoms with van der Waals surface area (Å²) < 4.78 is 0. The number of hydrogen-bond acceptors (Lipinski definition) is 6. The first-order valence-electron chi connectivity index (χ1n) is 5.67. The monoisotopic (exact) mass is 284 g/mol. The molecule has 0 aliphatic carbocycles. The number of aromatic amines is 1. The summed E-state index contributed by atoms with van der Waals surface area (Å²) in [7, 11) is 0. The molecule has 21 heavy (non-hydrogen) atoms. The van der Waals surface area contributed by atoms with Crippen molar-refractivity contribution in [2.75, 3.05) is 0 Å². The molecule has 0 radical (unpaired) electrons. The summed E-state index contributed by atoms with van der Waals surface area (Å²) in [5.74, 6) is -0.962. The molecule has 0 aliphatic heterocycles. The minimum atomic E-state index is -1.04. The smallest absolute Gasteiger partial charge is 0.395 e. The highest BCUT2D eigenvalue weighted by atomic mass is 16.6. The Morgan fingerprint density at radius 2 is 2.00 bits per heavy atom. The van der Waals surface area contributed by atoms with E-state index in [0.717, 1.165) is 5.56 Å². The highest BCUT2D eigenvalue weighted by Crippen LogP contribution is 2.17. The summed E-state index contributed by atoms with van der Waals surface area (Å²) in [6.07, 6.45) is 2.96. The van der Waals surface area contributed by atoms with E-state index in [4.69, 9.17) is 5.26 Å². The molecule has 0 unspecified atom stereocenters. The van der Waals surface area contributed by atoms with Crippen LogP contribution >= 0.6 is 0 Å². The number of nitrogens with zero attached hydrogens (tertiary/aromatic N) is 3. The summed E-state index contributed by atoms with van der Waals surface area (Å²) in [4.78, 5) is 26.7. The zero-order valence-corrected chi connectivity index (χ0v) is 10.5. The van der Waals surface area contributed by atoms with Gasteiger partial charge in [0.15, 0.2) is 0 Å². The van der Waals surface area contributed by atoms with Gasteiger partial charge in [0, 0.05) is 0 Å². The number of aromatic hydroxyl groups is 1. The van der Waals surface area contributed by atoms with Crippen molar-refractivity contribution in [3.8, 4) is 11.9 Å². The van der Waals surface area contributed by atoms with E-state index in [1.807, 2.05) is 6.07 Å². The van der Waals surface area contributed by atoms with Gasteiger partial charge in [0.2, 0.25) is 0 Å². The third-order valence-corrected chi connectivity index (χ3v) is 2.55. The SMILES string of the molecule is N#Cc1ccc(/C=C\c2nc(O)c([N+](=O)[O-])c(=O)[nH]2)cc1. The van der Waals surface area contributed by atoms with Crippen molar-refractivity contribution in [3.63, 3.8) is 0 Å². The molecule has 104 valence electrons. The van der Waals surface area contributed by atoms with Gasteiger partial charge in [0.1, 0.15) is 5.82 Å². The van der Waals surface area contributed by atoms with Crippen LogP contribution in [0.25, 0.3) is 12.2 Å². The lowest BCUT2D eigenvalue weighted by Crippen LogP contribution is -2.14. The fourth-order valence-corrected chi connectivity index (χ4v) is 1.56. The summed E-state index contributed by atoms with van der Waals surface area (Å²) in [5.41, 5.74) is -0.793. The maximum Gasteiger partial charge on any atom is 0.395 e. The molecule has 2 rings (SSSR count). The lowest BCUT2D eigenvalue weighted by Gasteiger charge is -1.97. The van der Waals surface area contributed by atoms with E-state index in [9.17, 15) is 20.0 Å². The maximum absolute atomic E-state index is 11.4. The van der Waals surface area contributed by atoms with Crippen molar-refractivity contribution < 1.29 is 10.0 Å². The Morgan fingerprint density at radius 1 is 1.33 bits per heavy atom. The van der Waals surface area contributed by atoms with Crippen molar-refractivity contribution in [2.45, 2.75) is 0 Å². The number of aromatic nitrogens is 2. The topological polar surface area (TPSA) is 133 Å². The molecule has 0 saturated carbocycles. The second-order valence-electron chi connectivity index (χ2n) is 3.95. The van der Waals surface area contributed by atoms with Crippen LogP contribution in [0.3, 0.4) is 0 Å². The number of benzene rings is 1. The predicted molar refractivity (Wildman–Crippen MR) is 73.3 cm³/mol. The van der Waals surface area contributed by atoms with Gasteiger partial charge in [-0.1, -0.05) is 18.2 Å². The van der Waals surface area contributed by atoms with Crippen LogP contribution in [0.2, 0.25) is 0 Å². The molecule has 1 aromatic heterocycles. The van der Waals surface area contributed by atoms with E-state index in [1.54, 1.807) is 30.3 Å². The van der Waals surface area contributed by atoms with Gasteiger partial charge in [-0.2, -0.15) is 10.2 Å². The Hall–Kier alpha value is -3.47. The fraction of sp³-hybridized carbons (Fsp3) is 0. The molecule has 0 atom stereocenters. The Labute approximate surface area is 117 Å². The van der Waals surface area contributed by atoms with E-state index in [2.05, 4.69) is 9.97 Å². The highest BCUT2D eigenvalue weighted by Gasteiger charge is 2.21. The molecule has 0 bridgehead atoms. The number of H-pyrrole nitrogens is 1. The van der Waals surface area contributed by atoms with Crippen LogP contribution in [-0.4, -0.2) is 20.0 Å².